The van der Waals surface area contributed by atoms with Gasteiger partial charge >= 0.3 is 0 Å². The zero-order valence-corrected chi connectivity index (χ0v) is 15.2. The molecule has 0 saturated carbocycles. The Morgan fingerprint density at radius 3 is 2.67 bits per heavy atom. The van der Waals surface area contributed by atoms with Gasteiger partial charge in [0, 0.05) is 29.8 Å². The number of nitrogens with zero attached hydrogens (tertiary/aromatic N) is 3. The molecule has 1 aliphatic heterocycles. The van der Waals surface area contributed by atoms with Gasteiger partial charge in [0.1, 0.15) is 11.6 Å². The Balaban J connectivity index is 1.52. The molecule has 3 aromatic rings. The summed E-state index contributed by atoms with van der Waals surface area (Å²) in [5.74, 6) is 1.19. The van der Waals surface area contributed by atoms with Crippen molar-refractivity contribution in [3.05, 3.63) is 65.2 Å². The minimum absolute atomic E-state index is 0.296. The Morgan fingerprint density at radius 2 is 1.89 bits per heavy atom. The zero-order chi connectivity index (χ0) is 18.8. The fraction of sp³-hybridized carbons (Fsp3) is 0.286. The first-order valence-corrected chi connectivity index (χ1v) is 9.22. The number of nitrogens with one attached hydrogen (secondary N) is 1. The summed E-state index contributed by atoms with van der Waals surface area (Å²) < 4.78 is 15.9. The van der Waals surface area contributed by atoms with Crippen molar-refractivity contribution in [2.24, 2.45) is 0 Å². The zero-order valence-electron chi connectivity index (χ0n) is 15.2. The molecule has 1 aliphatic rings. The number of rotatable bonds is 3. The molecular formula is C21H21FN4O. The van der Waals surface area contributed by atoms with Crippen molar-refractivity contribution in [2.75, 3.05) is 5.32 Å². The predicted octanol–water partition coefficient (Wildman–Crippen LogP) is 4.37. The first-order valence-electron chi connectivity index (χ1n) is 9.22. The van der Waals surface area contributed by atoms with Gasteiger partial charge in [-0.25, -0.2) is 4.39 Å². The standard InChI is InChI=1S/C21H21FN4O/c1-14-6-7-16(13-18(14)22)21(27)23-17-10-8-15(9-11-17)20-25-24-19-5-3-2-4-12-26(19)20/h6-11,13H,2-5,12H2,1H3,(H,23,27). The van der Waals surface area contributed by atoms with Crippen LogP contribution in [-0.2, 0) is 13.0 Å². The van der Waals surface area contributed by atoms with Crippen LogP contribution in [0.4, 0.5) is 10.1 Å². The highest BCUT2D eigenvalue weighted by Gasteiger charge is 2.16. The van der Waals surface area contributed by atoms with Gasteiger partial charge in [0.15, 0.2) is 5.82 Å². The maximum absolute atomic E-state index is 13.7. The van der Waals surface area contributed by atoms with E-state index in [4.69, 9.17) is 0 Å². The molecule has 6 heteroatoms. The van der Waals surface area contributed by atoms with Gasteiger partial charge in [-0.3, -0.25) is 4.79 Å². The molecule has 0 radical (unpaired) electrons. The number of carbonyl (C=O) groups excluding carboxylic acids is 1. The Labute approximate surface area is 157 Å². The molecule has 0 aliphatic carbocycles. The molecule has 1 N–H and O–H groups in total. The van der Waals surface area contributed by atoms with Gasteiger partial charge in [0.25, 0.3) is 5.91 Å². The topological polar surface area (TPSA) is 59.8 Å². The van der Waals surface area contributed by atoms with Gasteiger partial charge in [0.2, 0.25) is 0 Å². The van der Waals surface area contributed by atoms with E-state index in [1.807, 2.05) is 24.3 Å². The normalized spacial score (nSPS) is 13.7. The summed E-state index contributed by atoms with van der Waals surface area (Å²) in [6.07, 6.45) is 4.48. The van der Waals surface area contributed by atoms with E-state index in [1.54, 1.807) is 19.1 Å². The smallest absolute Gasteiger partial charge is 0.255 e. The lowest BCUT2D eigenvalue weighted by molar-refractivity contribution is 0.102. The minimum atomic E-state index is -0.384. The molecule has 0 spiro atoms. The third-order valence-electron chi connectivity index (χ3n) is 4.94. The predicted molar refractivity (Wildman–Crippen MR) is 102 cm³/mol. The van der Waals surface area contributed by atoms with E-state index in [2.05, 4.69) is 20.1 Å². The molecule has 0 fully saturated rings. The maximum Gasteiger partial charge on any atom is 0.255 e. The van der Waals surface area contributed by atoms with E-state index in [9.17, 15) is 9.18 Å². The SMILES string of the molecule is Cc1ccc(C(=O)Nc2ccc(-c3nnc4n3CCCCC4)cc2)cc1F. The highest BCUT2D eigenvalue weighted by atomic mass is 19.1. The van der Waals surface area contributed by atoms with Crippen molar-refractivity contribution < 1.29 is 9.18 Å². The number of hydrogen-bond donors (Lipinski definition) is 1. The number of benzene rings is 2. The second-order valence-corrected chi connectivity index (χ2v) is 6.90. The number of hydrogen-bond acceptors (Lipinski definition) is 3. The first-order chi connectivity index (χ1) is 13.1. The molecular weight excluding hydrogens is 343 g/mol. The van der Waals surface area contributed by atoms with Gasteiger partial charge < -0.3 is 9.88 Å². The van der Waals surface area contributed by atoms with Crippen LogP contribution < -0.4 is 5.32 Å². The van der Waals surface area contributed by atoms with E-state index in [-0.39, 0.29) is 11.7 Å². The molecule has 27 heavy (non-hydrogen) atoms. The van der Waals surface area contributed by atoms with Crippen LogP contribution in [0.2, 0.25) is 0 Å². The molecule has 138 valence electrons. The lowest BCUT2D eigenvalue weighted by atomic mass is 10.1. The summed E-state index contributed by atoms with van der Waals surface area (Å²) in [5.41, 5.74) is 2.43. The van der Waals surface area contributed by atoms with E-state index in [0.717, 1.165) is 43.0 Å². The fourth-order valence-corrected chi connectivity index (χ4v) is 3.34. The summed E-state index contributed by atoms with van der Waals surface area (Å²) in [4.78, 5) is 12.3. The molecule has 2 heterocycles. The lowest BCUT2D eigenvalue weighted by Crippen LogP contribution is -2.12. The van der Waals surface area contributed by atoms with Crippen LogP contribution in [0.1, 0.15) is 41.0 Å². The fourth-order valence-electron chi connectivity index (χ4n) is 3.34. The summed E-state index contributed by atoms with van der Waals surface area (Å²) in [5, 5.41) is 11.5. The Bertz CT molecular complexity index is 978. The Morgan fingerprint density at radius 1 is 1.07 bits per heavy atom. The monoisotopic (exact) mass is 364 g/mol. The number of aromatic nitrogens is 3. The average Bonchev–Trinajstić information content (AvgIpc) is 2.92. The molecule has 0 saturated heterocycles. The van der Waals surface area contributed by atoms with Crippen LogP contribution in [0.5, 0.6) is 0 Å². The Hall–Kier alpha value is -3.02. The number of anilines is 1. The van der Waals surface area contributed by atoms with Gasteiger partial charge in [0.05, 0.1) is 0 Å². The third-order valence-corrected chi connectivity index (χ3v) is 4.94. The second kappa shape index (κ2) is 7.31. The van der Waals surface area contributed by atoms with Gasteiger partial charge in [-0.05, 0) is 61.7 Å². The van der Waals surface area contributed by atoms with E-state index in [0.29, 0.717) is 16.8 Å². The lowest BCUT2D eigenvalue weighted by Gasteiger charge is -2.09. The van der Waals surface area contributed by atoms with Crippen molar-refractivity contribution in [3.63, 3.8) is 0 Å². The van der Waals surface area contributed by atoms with Crippen LogP contribution in [-0.4, -0.2) is 20.7 Å². The van der Waals surface area contributed by atoms with Crippen molar-refractivity contribution >= 4 is 11.6 Å². The second-order valence-electron chi connectivity index (χ2n) is 6.90. The number of amides is 1. The van der Waals surface area contributed by atoms with E-state index >= 15 is 0 Å². The number of halogens is 1. The quantitative estimate of drug-likeness (QED) is 0.751. The summed E-state index contributed by atoms with van der Waals surface area (Å²) in [7, 11) is 0. The molecule has 0 atom stereocenters. The van der Waals surface area contributed by atoms with Crippen molar-refractivity contribution in [1.29, 1.82) is 0 Å². The van der Waals surface area contributed by atoms with Gasteiger partial charge in [-0.1, -0.05) is 12.5 Å². The molecule has 2 aromatic carbocycles. The summed E-state index contributed by atoms with van der Waals surface area (Å²) in [6, 6.07) is 12.0. The molecule has 0 bridgehead atoms. The van der Waals surface area contributed by atoms with Crippen molar-refractivity contribution in [1.82, 2.24) is 14.8 Å². The van der Waals surface area contributed by atoms with Crippen LogP contribution >= 0.6 is 0 Å². The highest BCUT2D eigenvalue weighted by molar-refractivity contribution is 6.04. The van der Waals surface area contributed by atoms with E-state index < -0.39 is 0 Å². The first kappa shape index (κ1) is 17.4. The van der Waals surface area contributed by atoms with Crippen LogP contribution in [0, 0.1) is 12.7 Å². The molecule has 5 nitrogen and oxygen atoms in total. The minimum Gasteiger partial charge on any atom is -0.322 e. The molecule has 4 rings (SSSR count). The van der Waals surface area contributed by atoms with Crippen molar-refractivity contribution in [3.8, 4) is 11.4 Å². The number of fused-ring (bicyclic) bond motifs is 1. The van der Waals surface area contributed by atoms with Crippen molar-refractivity contribution in [2.45, 2.75) is 39.2 Å². The van der Waals surface area contributed by atoms with E-state index in [1.165, 1.54) is 12.5 Å². The molecule has 1 amide bonds. The van der Waals surface area contributed by atoms with Crippen LogP contribution in [0.15, 0.2) is 42.5 Å². The number of aryl methyl sites for hydroxylation is 2. The van der Waals surface area contributed by atoms with Crippen LogP contribution in [0.3, 0.4) is 0 Å². The highest BCUT2D eigenvalue weighted by Crippen LogP contribution is 2.24. The summed E-state index contributed by atoms with van der Waals surface area (Å²) in [6.45, 7) is 2.61. The largest absolute Gasteiger partial charge is 0.322 e. The van der Waals surface area contributed by atoms with Gasteiger partial charge in [-0.2, -0.15) is 0 Å². The number of carbonyl (C=O) groups is 1. The van der Waals surface area contributed by atoms with Gasteiger partial charge in [-0.15, -0.1) is 10.2 Å². The molecule has 1 aromatic heterocycles. The average molecular weight is 364 g/mol. The summed E-state index contributed by atoms with van der Waals surface area (Å²) >= 11 is 0. The maximum atomic E-state index is 13.7. The van der Waals surface area contributed by atoms with Crippen LogP contribution in [0.25, 0.3) is 11.4 Å². The Kier molecular flexibility index (Phi) is 4.71. The molecule has 0 unspecified atom stereocenters. The third kappa shape index (κ3) is 3.60.